The lowest BCUT2D eigenvalue weighted by atomic mass is 10.3. The summed E-state index contributed by atoms with van der Waals surface area (Å²) in [5.41, 5.74) is 0.380. The fraction of sp³-hybridized carbons (Fsp3) is 0.231. The minimum Gasteiger partial charge on any atom is -0.494 e. The molecule has 0 aliphatic carbocycles. The van der Waals surface area contributed by atoms with Crippen molar-refractivity contribution in [3.63, 3.8) is 0 Å². The van der Waals surface area contributed by atoms with Gasteiger partial charge in [0, 0.05) is 11.8 Å². The van der Waals surface area contributed by atoms with Crippen LogP contribution in [0.25, 0.3) is 0 Å². The third-order valence-corrected chi connectivity index (χ3v) is 2.49. The number of carboxylic acid groups (broad SMARTS) is 1. The lowest BCUT2D eigenvalue weighted by Gasteiger charge is -2.07. The number of rotatable bonds is 6. The van der Waals surface area contributed by atoms with E-state index >= 15 is 0 Å². The summed E-state index contributed by atoms with van der Waals surface area (Å²) in [5, 5.41) is 18.4. The number of nitrogens with zero attached hydrogens (tertiary/aromatic N) is 3. The van der Waals surface area contributed by atoms with Gasteiger partial charge in [0.2, 0.25) is 5.91 Å². The van der Waals surface area contributed by atoms with E-state index in [1.54, 1.807) is 24.3 Å². The van der Waals surface area contributed by atoms with Crippen molar-refractivity contribution in [2.75, 3.05) is 11.9 Å². The van der Waals surface area contributed by atoms with Crippen molar-refractivity contribution in [3.8, 4) is 5.75 Å². The molecule has 0 unspecified atom stereocenters. The van der Waals surface area contributed by atoms with Crippen LogP contribution in [0.3, 0.4) is 0 Å². The van der Waals surface area contributed by atoms with Crippen molar-refractivity contribution in [1.29, 1.82) is 0 Å². The molecule has 0 saturated heterocycles. The van der Waals surface area contributed by atoms with E-state index in [4.69, 9.17) is 9.84 Å². The van der Waals surface area contributed by atoms with Gasteiger partial charge >= 0.3 is 5.97 Å². The van der Waals surface area contributed by atoms with E-state index < -0.39 is 5.97 Å². The van der Waals surface area contributed by atoms with E-state index in [2.05, 4.69) is 15.6 Å². The molecule has 8 heteroatoms. The number of carboxylic acids is 1. The molecule has 1 aromatic heterocycles. The van der Waals surface area contributed by atoms with Crippen molar-refractivity contribution in [3.05, 3.63) is 36.2 Å². The van der Waals surface area contributed by atoms with Crippen LogP contribution in [0.4, 0.5) is 5.69 Å². The Bertz CT molecular complexity index is 653. The molecule has 2 aromatic rings. The van der Waals surface area contributed by atoms with Crippen LogP contribution in [0.15, 0.2) is 30.5 Å². The quantitative estimate of drug-likeness (QED) is 0.822. The van der Waals surface area contributed by atoms with E-state index in [-0.39, 0.29) is 18.1 Å². The molecule has 0 aliphatic rings. The highest BCUT2D eigenvalue weighted by Gasteiger charge is 2.11. The SMILES string of the molecule is CCOc1cccc(NC(=O)Cn2cc(C(=O)O)nn2)c1. The number of aromatic nitrogens is 3. The van der Waals surface area contributed by atoms with Crippen LogP contribution in [0.1, 0.15) is 17.4 Å². The van der Waals surface area contributed by atoms with Gasteiger partial charge in [0.25, 0.3) is 0 Å². The fourth-order valence-electron chi connectivity index (χ4n) is 1.65. The molecule has 0 fully saturated rings. The molecule has 0 radical (unpaired) electrons. The smallest absolute Gasteiger partial charge is 0.358 e. The average molecular weight is 290 g/mol. The predicted octanol–water partition coefficient (Wildman–Crippen LogP) is 1.01. The van der Waals surface area contributed by atoms with E-state index in [0.717, 1.165) is 4.68 Å². The Labute approximate surface area is 120 Å². The van der Waals surface area contributed by atoms with Crippen LogP contribution >= 0.6 is 0 Å². The first-order valence-electron chi connectivity index (χ1n) is 6.24. The van der Waals surface area contributed by atoms with Gasteiger partial charge in [-0.1, -0.05) is 11.3 Å². The van der Waals surface area contributed by atoms with Crippen molar-refractivity contribution in [2.45, 2.75) is 13.5 Å². The molecular formula is C13H14N4O4. The van der Waals surface area contributed by atoms with Crippen molar-refractivity contribution < 1.29 is 19.4 Å². The van der Waals surface area contributed by atoms with Crippen LogP contribution in [0.5, 0.6) is 5.75 Å². The molecule has 0 atom stereocenters. The molecule has 8 nitrogen and oxygen atoms in total. The van der Waals surface area contributed by atoms with Crippen molar-refractivity contribution in [1.82, 2.24) is 15.0 Å². The average Bonchev–Trinajstić information content (AvgIpc) is 2.88. The number of hydrogen-bond donors (Lipinski definition) is 2. The van der Waals surface area contributed by atoms with Gasteiger partial charge in [-0.05, 0) is 19.1 Å². The Hall–Kier alpha value is -2.90. The largest absolute Gasteiger partial charge is 0.494 e. The second kappa shape index (κ2) is 6.51. The highest BCUT2D eigenvalue weighted by Crippen LogP contribution is 2.17. The summed E-state index contributed by atoms with van der Waals surface area (Å²) in [6.45, 7) is 2.28. The zero-order chi connectivity index (χ0) is 15.2. The first kappa shape index (κ1) is 14.5. The Balaban J connectivity index is 1.97. The van der Waals surface area contributed by atoms with Gasteiger partial charge in [0.15, 0.2) is 5.69 Å². The van der Waals surface area contributed by atoms with Crippen LogP contribution in [-0.4, -0.2) is 38.6 Å². The summed E-state index contributed by atoms with van der Waals surface area (Å²) in [5.74, 6) is -0.874. The molecule has 2 rings (SSSR count). The van der Waals surface area contributed by atoms with Crippen LogP contribution in [0.2, 0.25) is 0 Å². The first-order valence-corrected chi connectivity index (χ1v) is 6.24. The highest BCUT2D eigenvalue weighted by atomic mass is 16.5. The molecule has 110 valence electrons. The summed E-state index contributed by atoms with van der Waals surface area (Å²) in [4.78, 5) is 22.5. The molecule has 0 saturated carbocycles. The van der Waals surface area contributed by atoms with Gasteiger partial charge in [-0.25, -0.2) is 9.48 Å². The standard InChI is InChI=1S/C13H14N4O4/c1-2-21-10-5-3-4-9(6-10)14-12(18)8-17-7-11(13(19)20)15-16-17/h3-7H,2,8H2,1H3,(H,14,18)(H,19,20). The second-order valence-electron chi connectivity index (χ2n) is 4.12. The molecular weight excluding hydrogens is 276 g/mol. The van der Waals surface area contributed by atoms with Gasteiger partial charge < -0.3 is 15.2 Å². The number of anilines is 1. The first-order chi connectivity index (χ1) is 10.1. The Kier molecular flexibility index (Phi) is 4.50. The Morgan fingerprint density at radius 2 is 2.24 bits per heavy atom. The van der Waals surface area contributed by atoms with E-state index in [0.29, 0.717) is 18.0 Å². The lowest BCUT2D eigenvalue weighted by Crippen LogP contribution is -2.19. The molecule has 0 aliphatic heterocycles. The summed E-state index contributed by atoms with van der Waals surface area (Å²) in [6, 6.07) is 6.98. The molecule has 21 heavy (non-hydrogen) atoms. The number of amides is 1. The topological polar surface area (TPSA) is 106 Å². The normalized spacial score (nSPS) is 10.1. The second-order valence-corrected chi connectivity index (χ2v) is 4.12. The number of carbonyl (C=O) groups is 2. The van der Waals surface area contributed by atoms with Gasteiger partial charge in [-0.15, -0.1) is 5.10 Å². The molecule has 2 N–H and O–H groups in total. The van der Waals surface area contributed by atoms with E-state index in [1.807, 2.05) is 6.92 Å². The van der Waals surface area contributed by atoms with Crippen molar-refractivity contribution >= 4 is 17.6 Å². The van der Waals surface area contributed by atoms with Crippen LogP contribution in [0, 0.1) is 0 Å². The maximum Gasteiger partial charge on any atom is 0.358 e. The van der Waals surface area contributed by atoms with Gasteiger partial charge in [-0.3, -0.25) is 4.79 Å². The van der Waals surface area contributed by atoms with Crippen LogP contribution < -0.4 is 10.1 Å². The molecule has 0 bridgehead atoms. The maximum atomic E-state index is 11.8. The zero-order valence-corrected chi connectivity index (χ0v) is 11.3. The maximum absolute atomic E-state index is 11.8. The minimum absolute atomic E-state index is 0.126. The Morgan fingerprint density at radius 1 is 1.43 bits per heavy atom. The minimum atomic E-state index is -1.19. The highest BCUT2D eigenvalue weighted by molar-refractivity contribution is 5.91. The number of carbonyl (C=O) groups excluding carboxylic acids is 1. The van der Waals surface area contributed by atoms with E-state index in [9.17, 15) is 9.59 Å². The Morgan fingerprint density at radius 3 is 2.90 bits per heavy atom. The monoisotopic (exact) mass is 290 g/mol. The number of hydrogen-bond acceptors (Lipinski definition) is 5. The van der Waals surface area contributed by atoms with Gasteiger partial charge in [0.05, 0.1) is 12.8 Å². The molecule has 0 spiro atoms. The third-order valence-electron chi connectivity index (χ3n) is 2.49. The lowest BCUT2D eigenvalue weighted by molar-refractivity contribution is -0.116. The van der Waals surface area contributed by atoms with Crippen LogP contribution in [-0.2, 0) is 11.3 Å². The summed E-state index contributed by atoms with van der Waals surface area (Å²) >= 11 is 0. The summed E-state index contributed by atoms with van der Waals surface area (Å²) in [7, 11) is 0. The molecule has 1 aromatic carbocycles. The fourth-order valence-corrected chi connectivity index (χ4v) is 1.65. The number of benzene rings is 1. The zero-order valence-electron chi connectivity index (χ0n) is 11.3. The molecule has 1 amide bonds. The number of aromatic carboxylic acids is 1. The molecule has 1 heterocycles. The summed E-state index contributed by atoms with van der Waals surface area (Å²) < 4.78 is 6.49. The van der Waals surface area contributed by atoms with Gasteiger partial charge in [-0.2, -0.15) is 0 Å². The van der Waals surface area contributed by atoms with E-state index in [1.165, 1.54) is 6.20 Å². The number of ether oxygens (including phenoxy) is 1. The third kappa shape index (κ3) is 4.03. The summed E-state index contributed by atoms with van der Waals surface area (Å²) in [6.07, 6.45) is 1.19. The predicted molar refractivity (Wildman–Crippen MR) is 73.2 cm³/mol. The van der Waals surface area contributed by atoms with Gasteiger partial charge in [0.1, 0.15) is 12.3 Å². The number of nitrogens with one attached hydrogen (secondary N) is 1. The van der Waals surface area contributed by atoms with Crippen molar-refractivity contribution in [2.24, 2.45) is 0 Å².